The quantitative estimate of drug-likeness (QED) is 0.833. The first-order valence-electron chi connectivity index (χ1n) is 6.23. The number of aryl methyl sites for hydroxylation is 1. The topological polar surface area (TPSA) is 77.2 Å². The number of rotatable bonds is 4. The van der Waals surface area contributed by atoms with Gasteiger partial charge in [0.05, 0.1) is 7.11 Å². The third kappa shape index (κ3) is 3.26. The van der Waals surface area contributed by atoms with Crippen molar-refractivity contribution in [2.75, 3.05) is 12.8 Å². The van der Waals surface area contributed by atoms with Crippen molar-refractivity contribution in [3.05, 3.63) is 53.2 Å². The number of nitrogens with one attached hydrogen (secondary N) is 1. The highest BCUT2D eigenvalue weighted by molar-refractivity contribution is 5.95. The molecule has 0 radical (unpaired) electrons. The Hall–Kier alpha value is -2.56. The number of nitrogens with two attached hydrogens (primary N) is 1. The fourth-order valence-electron chi connectivity index (χ4n) is 1.70. The minimum absolute atomic E-state index is 0.160. The van der Waals surface area contributed by atoms with Gasteiger partial charge in [-0.1, -0.05) is 12.1 Å². The number of aromatic nitrogens is 1. The van der Waals surface area contributed by atoms with Crippen molar-refractivity contribution in [2.45, 2.75) is 13.5 Å². The fraction of sp³-hybridized carbons (Fsp3) is 0.200. The van der Waals surface area contributed by atoms with Crippen molar-refractivity contribution in [3.63, 3.8) is 0 Å². The minimum Gasteiger partial charge on any atom is -0.481 e. The highest BCUT2D eigenvalue weighted by Gasteiger charge is 2.06. The third-order valence-corrected chi connectivity index (χ3v) is 3.00. The minimum atomic E-state index is -0.160. The van der Waals surface area contributed by atoms with E-state index in [0.29, 0.717) is 23.7 Å². The monoisotopic (exact) mass is 271 g/mol. The van der Waals surface area contributed by atoms with Gasteiger partial charge in [0.15, 0.2) is 0 Å². The second-order valence-electron chi connectivity index (χ2n) is 4.46. The number of benzene rings is 1. The summed E-state index contributed by atoms with van der Waals surface area (Å²) in [4.78, 5) is 16.1. The van der Waals surface area contributed by atoms with Gasteiger partial charge in [0.1, 0.15) is 0 Å². The average molecular weight is 271 g/mol. The molecule has 2 rings (SSSR count). The number of amides is 1. The number of hydrogen-bond acceptors (Lipinski definition) is 4. The lowest BCUT2D eigenvalue weighted by Crippen LogP contribution is -2.23. The molecule has 0 fully saturated rings. The molecule has 5 nitrogen and oxygen atoms in total. The Kier molecular flexibility index (Phi) is 4.20. The maximum atomic E-state index is 12.0. The van der Waals surface area contributed by atoms with E-state index in [0.717, 1.165) is 11.1 Å². The predicted octanol–water partition coefficient (Wildman–Crippen LogP) is 1.91. The van der Waals surface area contributed by atoms with E-state index in [4.69, 9.17) is 10.5 Å². The lowest BCUT2D eigenvalue weighted by atomic mass is 10.1. The first-order valence-corrected chi connectivity index (χ1v) is 6.23. The van der Waals surface area contributed by atoms with Gasteiger partial charge >= 0.3 is 0 Å². The van der Waals surface area contributed by atoms with Crippen LogP contribution in [0.1, 0.15) is 21.5 Å². The van der Waals surface area contributed by atoms with E-state index in [2.05, 4.69) is 10.3 Å². The molecule has 0 bridgehead atoms. The van der Waals surface area contributed by atoms with Crippen LogP contribution in [-0.4, -0.2) is 18.0 Å². The highest BCUT2D eigenvalue weighted by Crippen LogP contribution is 2.13. The molecule has 0 saturated carbocycles. The van der Waals surface area contributed by atoms with E-state index in [1.807, 2.05) is 19.1 Å². The molecular formula is C15H17N3O2. The van der Waals surface area contributed by atoms with Crippen LogP contribution in [-0.2, 0) is 6.54 Å². The average Bonchev–Trinajstić information content (AvgIpc) is 2.48. The molecule has 1 heterocycles. The number of nitrogens with zero attached hydrogens (tertiary/aromatic N) is 1. The van der Waals surface area contributed by atoms with Gasteiger partial charge in [-0.15, -0.1) is 0 Å². The van der Waals surface area contributed by atoms with Crippen molar-refractivity contribution >= 4 is 11.6 Å². The number of pyridine rings is 1. The number of carbonyl (C=O) groups is 1. The number of ether oxygens (including phenoxy) is 1. The molecular weight excluding hydrogens is 254 g/mol. The summed E-state index contributed by atoms with van der Waals surface area (Å²) in [6.45, 7) is 2.31. The first kappa shape index (κ1) is 13.9. The number of carbonyl (C=O) groups excluding carboxylic acids is 1. The summed E-state index contributed by atoms with van der Waals surface area (Å²) in [6.07, 6.45) is 1.67. The Morgan fingerprint density at radius 1 is 1.35 bits per heavy atom. The maximum absolute atomic E-state index is 12.0. The predicted molar refractivity (Wildman–Crippen MR) is 77.6 cm³/mol. The van der Waals surface area contributed by atoms with Crippen molar-refractivity contribution in [3.8, 4) is 5.88 Å². The lowest BCUT2D eigenvalue weighted by Gasteiger charge is -2.07. The van der Waals surface area contributed by atoms with E-state index in [1.165, 1.54) is 0 Å². The zero-order valence-corrected chi connectivity index (χ0v) is 11.5. The summed E-state index contributed by atoms with van der Waals surface area (Å²) in [7, 11) is 1.56. The summed E-state index contributed by atoms with van der Waals surface area (Å²) in [6, 6.07) is 8.88. The van der Waals surface area contributed by atoms with Crippen LogP contribution in [0.2, 0.25) is 0 Å². The summed E-state index contributed by atoms with van der Waals surface area (Å²) in [5.41, 5.74) is 8.82. The van der Waals surface area contributed by atoms with E-state index in [-0.39, 0.29) is 5.91 Å². The zero-order chi connectivity index (χ0) is 14.5. The van der Waals surface area contributed by atoms with Crippen molar-refractivity contribution in [2.24, 2.45) is 0 Å². The van der Waals surface area contributed by atoms with E-state index in [1.54, 1.807) is 31.5 Å². The molecule has 0 aliphatic heterocycles. The number of nitrogen functional groups attached to an aromatic ring is 1. The molecule has 3 N–H and O–H groups in total. The number of hydrogen-bond donors (Lipinski definition) is 2. The van der Waals surface area contributed by atoms with Crippen LogP contribution in [0.15, 0.2) is 36.5 Å². The zero-order valence-electron chi connectivity index (χ0n) is 11.5. The van der Waals surface area contributed by atoms with Gasteiger partial charge in [-0.3, -0.25) is 4.79 Å². The smallest absolute Gasteiger partial charge is 0.251 e. The molecule has 104 valence electrons. The standard InChI is InChI=1S/C15H17N3O2/c1-10-3-5-12(7-13(10)16)15(19)18-9-11-4-6-14(20-2)17-8-11/h3-8H,9,16H2,1-2H3,(H,18,19). The second-order valence-corrected chi connectivity index (χ2v) is 4.46. The Balaban J connectivity index is 1.98. The summed E-state index contributed by atoms with van der Waals surface area (Å²) < 4.78 is 4.98. The van der Waals surface area contributed by atoms with Gasteiger partial charge in [-0.05, 0) is 30.2 Å². The van der Waals surface area contributed by atoms with Crippen LogP contribution < -0.4 is 15.8 Å². The molecule has 0 aliphatic rings. The molecule has 1 amide bonds. The number of methoxy groups -OCH3 is 1. The maximum Gasteiger partial charge on any atom is 0.251 e. The molecule has 0 atom stereocenters. The van der Waals surface area contributed by atoms with Crippen LogP contribution in [0.4, 0.5) is 5.69 Å². The number of anilines is 1. The van der Waals surface area contributed by atoms with Gasteiger partial charge in [-0.25, -0.2) is 4.98 Å². The van der Waals surface area contributed by atoms with Crippen LogP contribution in [0.3, 0.4) is 0 Å². The molecule has 1 aromatic heterocycles. The fourth-order valence-corrected chi connectivity index (χ4v) is 1.70. The second kappa shape index (κ2) is 6.06. The molecule has 0 unspecified atom stereocenters. The molecule has 0 saturated heterocycles. The molecule has 2 aromatic rings. The van der Waals surface area contributed by atoms with E-state index < -0.39 is 0 Å². The largest absolute Gasteiger partial charge is 0.481 e. The van der Waals surface area contributed by atoms with Crippen LogP contribution in [0.25, 0.3) is 0 Å². The summed E-state index contributed by atoms with van der Waals surface area (Å²) >= 11 is 0. The van der Waals surface area contributed by atoms with Gasteiger partial charge in [0.25, 0.3) is 5.91 Å². The SMILES string of the molecule is COc1ccc(CNC(=O)c2ccc(C)c(N)c2)cn1. The van der Waals surface area contributed by atoms with Crippen LogP contribution in [0.5, 0.6) is 5.88 Å². The molecule has 0 spiro atoms. The van der Waals surface area contributed by atoms with Crippen molar-refractivity contribution < 1.29 is 9.53 Å². The Bertz CT molecular complexity index is 609. The van der Waals surface area contributed by atoms with E-state index >= 15 is 0 Å². The van der Waals surface area contributed by atoms with Gasteiger partial charge in [0.2, 0.25) is 5.88 Å². The summed E-state index contributed by atoms with van der Waals surface area (Å²) in [5.74, 6) is 0.388. The molecule has 1 aromatic carbocycles. The molecule has 20 heavy (non-hydrogen) atoms. The third-order valence-electron chi connectivity index (χ3n) is 3.00. The van der Waals surface area contributed by atoms with Gasteiger partial charge in [-0.2, -0.15) is 0 Å². The van der Waals surface area contributed by atoms with Gasteiger partial charge in [0, 0.05) is 30.1 Å². The molecule has 5 heteroatoms. The van der Waals surface area contributed by atoms with Crippen LogP contribution in [0, 0.1) is 6.92 Å². The Morgan fingerprint density at radius 2 is 2.15 bits per heavy atom. The van der Waals surface area contributed by atoms with Gasteiger partial charge < -0.3 is 15.8 Å². The first-order chi connectivity index (χ1) is 9.60. The normalized spacial score (nSPS) is 10.1. The van der Waals surface area contributed by atoms with Crippen molar-refractivity contribution in [1.82, 2.24) is 10.3 Å². The highest BCUT2D eigenvalue weighted by atomic mass is 16.5. The Morgan fingerprint density at radius 3 is 2.75 bits per heavy atom. The van der Waals surface area contributed by atoms with E-state index in [9.17, 15) is 4.79 Å². The summed E-state index contributed by atoms with van der Waals surface area (Å²) in [5, 5.41) is 2.82. The Labute approximate surface area is 117 Å². The lowest BCUT2D eigenvalue weighted by molar-refractivity contribution is 0.0951. The van der Waals surface area contributed by atoms with Crippen molar-refractivity contribution in [1.29, 1.82) is 0 Å². The van der Waals surface area contributed by atoms with Crippen LogP contribution >= 0.6 is 0 Å². The molecule has 0 aliphatic carbocycles.